The van der Waals surface area contributed by atoms with Crippen LogP contribution in [0.1, 0.15) is 34.6 Å². The second kappa shape index (κ2) is 5.68. The minimum Gasteiger partial charge on any atom is -0.288 e. The first-order chi connectivity index (χ1) is 8.56. The molecule has 0 unspecified atom stereocenters. The van der Waals surface area contributed by atoms with Crippen LogP contribution in [-0.2, 0) is 6.42 Å². The Hall–Kier alpha value is -1.12. The highest BCUT2D eigenvalue weighted by atomic mass is 35.5. The fraction of sp³-hybridized carbons (Fsp3) is 0.267. The molecule has 0 bridgehead atoms. The van der Waals surface area contributed by atoms with Gasteiger partial charge in [0.25, 0.3) is 0 Å². The van der Waals surface area contributed by atoms with Crippen LogP contribution in [0.3, 0.4) is 0 Å². The summed E-state index contributed by atoms with van der Waals surface area (Å²) in [6.07, 6.45) is 1.04. The molecule has 0 saturated heterocycles. The lowest BCUT2D eigenvalue weighted by Crippen LogP contribution is -1.99. The van der Waals surface area contributed by atoms with Crippen molar-refractivity contribution >= 4 is 28.7 Å². The van der Waals surface area contributed by atoms with Crippen molar-refractivity contribution in [3.8, 4) is 0 Å². The topological polar surface area (TPSA) is 17.1 Å². The Kier molecular flexibility index (Phi) is 4.20. The smallest absolute Gasteiger partial charge is 0.202 e. The quantitative estimate of drug-likeness (QED) is 0.732. The van der Waals surface area contributed by atoms with Crippen molar-refractivity contribution in [2.24, 2.45) is 5.92 Å². The van der Waals surface area contributed by atoms with Crippen LogP contribution in [-0.4, -0.2) is 5.78 Å². The van der Waals surface area contributed by atoms with Crippen LogP contribution in [0.15, 0.2) is 36.4 Å². The van der Waals surface area contributed by atoms with E-state index in [4.69, 9.17) is 11.6 Å². The van der Waals surface area contributed by atoms with Crippen LogP contribution < -0.4 is 0 Å². The molecule has 18 heavy (non-hydrogen) atoms. The molecule has 0 radical (unpaired) electrons. The molecule has 1 aromatic carbocycles. The summed E-state index contributed by atoms with van der Waals surface area (Å²) in [5.74, 6) is 0.672. The Balaban J connectivity index is 2.17. The van der Waals surface area contributed by atoms with Gasteiger partial charge in [-0.3, -0.25) is 4.79 Å². The highest BCUT2D eigenvalue weighted by molar-refractivity contribution is 7.18. The van der Waals surface area contributed by atoms with E-state index in [1.807, 2.05) is 24.3 Å². The van der Waals surface area contributed by atoms with E-state index in [0.29, 0.717) is 15.1 Å². The fourth-order valence-electron chi connectivity index (χ4n) is 1.84. The lowest BCUT2D eigenvalue weighted by Gasteiger charge is -2.05. The van der Waals surface area contributed by atoms with Crippen molar-refractivity contribution < 1.29 is 4.79 Å². The number of carbonyl (C=O) groups is 1. The van der Waals surface area contributed by atoms with Crippen LogP contribution in [0, 0.1) is 5.92 Å². The molecule has 2 aromatic rings. The largest absolute Gasteiger partial charge is 0.288 e. The Morgan fingerprint density at radius 2 is 1.83 bits per heavy atom. The summed E-state index contributed by atoms with van der Waals surface area (Å²) in [4.78, 5) is 12.8. The van der Waals surface area contributed by atoms with E-state index in [9.17, 15) is 4.79 Å². The third-order valence-corrected chi connectivity index (χ3v) is 3.89. The number of ketones is 1. The molecule has 0 aliphatic carbocycles. The van der Waals surface area contributed by atoms with Crippen LogP contribution >= 0.6 is 22.9 Å². The molecule has 0 saturated carbocycles. The molecule has 1 aromatic heterocycles. The molecule has 2 rings (SSSR count). The van der Waals surface area contributed by atoms with Gasteiger partial charge in [-0.25, -0.2) is 0 Å². The highest BCUT2D eigenvalue weighted by Crippen LogP contribution is 2.24. The average molecular weight is 279 g/mol. The number of thiophene rings is 1. The van der Waals surface area contributed by atoms with Crippen LogP contribution in [0.5, 0.6) is 0 Å². The molecule has 0 atom stereocenters. The van der Waals surface area contributed by atoms with Crippen molar-refractivity contribution in [1.82, 2.24) is 0 Å². The van der Waals surface area contributed by atoms with E-state index >= 15 is 0 Å². The minimum atomic E-state index is 0.0444. The number of hydrogen-bond acceptors (Lipinski definition) is 2. The minimum absolute atomic E-state index is 0.0444. The van der Waals surface area contributed by atoms with Gasteiger partial charge in [0.15, 0.2) is 0 Å². The summed E-state index contributed by atoms with van der Waals surface area (Å²) in [6.45, 7) is 4.37. The van der Waals surface area contributed by atoms with E-state index < -0.39 is 0 Å². The maximum absolute atomic E-state index is 12.1. The van der Waals surface area contributed by atoms with Crippen molar-refractivity contribution in [3.05, 3.63) is 56.7 Å². The molecule has 0 spiro atoms. The summed E-state index contributed by atoms with van der Waals surface area (Å²) in [6, 6.07) is 11.4. The zero-order valence-corrected chi connectivity index (χ0v) is 12.0. The van der Waals surface area contributed by atoms with Crippen molar-refractivity contribution in [1.29, 1.82) is 0 Å². The SMILES string of the molecule is CC(C)Cc1ccc(C(=O)c2ccc(Cl)s2)cc1. The highest BCUT2D eigenvalue weighted by Gasteiger charge is 2.11. The summed E-state index contributed by atoms with van der Waals surface area (Å²) in [7, 11) is 0. The van der Waals surface area contributed by atoms with Gasteiger partial charge >= 0.3 is 0 Å². The molecule has 0 fully saturated rings. The normalized spacial score (nSPS) is 10.9. The van der Waals surface area contributed by atoms with Gasteiger partial charge in [0.05, 0.1) is 9.21 Å². The predicted octanol–water partition coefficient (Wildman–Crippen LogP) is 4.83. The second-order valence-electron chi connectivity index (χ2n) is 4.73. The number of hydrogen-bond donors (Lipinski definition) is 0. The van der Waals surface area contributed by atoms with Crippen LogP contribution in [0.4, 0.5) is 0 Å². The van der Waals surface area contributed by atoms with Gasteiger partial charge in [-0.2, -0.15) is 0 Å². The first-order valence-corrected chi connectivity index (χ1v) is 7.14. The zero-order valence-electron chi connectivity index (χ0n) is 10.4. The zero-order chi connectivity index (χ0) is 13.1. The molecule has 3 heteroatoms. The second-order valence-corrected chi connectivity index (χ2v) is 6.44. The fourth-order valence-corrected chi connectivity index (χ4v) is 2.85. The van der Waals surface area contributed by atoms with Crippen molar-refractivity contribution in [2.75, 3.05) is 0 Å². The summed E-state index contributed by atoms with van der Waals surface area (Å²) >= 11 is 7.16. The van der Waals surface area contributed by atoms with E-state index in [1.165, 1.54) is 16.9 Å². The van der Waals surface area contributed by atoms with Gasteiger partial charge in [-0.15, -0.1) is 11.3 Å². The number of rotatable bonds is 4. The molecular weight excluding hydrogens is 264 g/mol. The summed E-state index contributed by atoms with van der Waals surface area (Å²) in [5, 5.41) is 0. The van der Waals surface area contributed by atoms with Gasteiger partial charge in [0.2, 0.25) is 5.78 Å². The van der Waals surface area contributed by atoms with Crippen LogP contribution in [0.2, 0.25) is 4.34 Å². The molecule has 0 amide bonds. The Labute approximate surface area is 116 Å². The van der Waals surface area contributed by atoms with E-state index in [0.717, 1.165) is 12.0 Å². The summed E-state index contributed by atoms with van der Waals surface area (Å²) < 4.78 is 0.648. The third-order valence-electron chi connectivity index (χ3n) is 2.66. The average Bonchev–Trinajstić information content (AvgIpc) is 2.75. The standard InChI is InChI=1S/C15H15ClOS/c1-10(2)9-11-3-5-12(6-4-11)15(17)13-7-8-14(16)18-13/h3-8,10H,9H2,1-2H3. The lowest BCUT2D eigenvalue weighted by molar-refractivity contribution is 0.104. The Morgan fingerprint density at radius 3 is 2.33 bits per heavy atom. The predicted molar refractivity (Wildman–Crippen MR) is 77.7 cm³/mol. The van der Waals surface area contributed by atoms with Gasteiger partial charge in [0.1, 0.15) is 0 Å². The molecule has 94 valence electrons. The van der Waals surface area contributed by atoms with E-state index in [1.54, 1.807) is 12.1 Å². The van der Waals surface area contributed by atoms with E-state index in [2.05, 4.69) is 13.8 Å². The first-order valence-electron chi connectivity index (χ1n) is 5.95. The molecular formula is C15H15ClOS. The lowest BCUT2D eigenvalue weighted by atomic mass is 10.0. The first kappa shape index (κ1) is 13.3. The van der Waals surface area contributed by atoms with Gasteiger partial charge in [-0.05, 0) is 30.0 Å². The summed E-state index contributed by atoms with van der Waals surface area (Å²) in [5.41, 5.74) is 1.99. The third kappa shape index (κ3) is 3.21. The number of benzene rings is 1. The van der Waals surface area contributed by atoms with Crippen LogP contribution in [0.25, 0.3) is 0 Å². The maximum atomic E-state index is 12.1. The Bertz CT molecular complexity index is 540. The molecule has 0 aliphatic heterocycles. The van der Waals surface area contributed by atoms with Gasteiger partial charge in [0, 0.05) is 5.56 Å². The van der Waals surface area contributed by atoms with Crippen molar-refractivity contribution in [3.63, 3.8) is 0 Å². The maximum Gasteiger partial charge on any atom is 0.202 e. The number of carbonyl (C=O) groups excluding carboxylic acids is 1. The molecule has 0 N–H and O–H groups in total. The molecule has 0 aliphatic rings. The number of halogens is 1. The molecule has 1 nitrogen and oxygen atoms in total. The Morgan fingerprint density at radius 1 is 1.17 bits per heavy atom. The monoisotopic (exact) mass is 278 g/mol. The molecule has 1 heterocycles. The van der Waals surface area contributed by atoms with E-state index in [-0.39, 0.29) is 5.78 Å². The van der Waals surface area contributed by atoms with Crippen molar-refractivity contribution in [2.45, 2.75) is 20.3 Å². The van der Waals surface area contributed by atoms with Gasteiger partial charge in [-0.1, -0.05) is 49.7 Å². The van der Waals surface area contributed by atoms with Gasteiger partial charge < -0.3 is 0 Å².